The summed E-state index contributed by atoms with van der Waals surface area (Å²) in [5.74, 6) is -0.168. The van der Waals surface area contributed by atoms with Gasteiger partial charge in [-0.15, -0.1) is 0 Å². The SMILES string of the molecule is CNc1ccc(N(C)CCc2cccc(F)c2)cc1. The Kier molecular flexibility index (Phi) is 4.39. The summed E-state index contributed by atoms with van der Waals surface area (Å²) in [6.45, 7) is 0.863. The summed E-state index contributed by atoms with van der Waals surface area (Å²) in [6.07, 6.45) is 0.835. The van der Waals surface area contributed by atoms with Crippen molar-refractivity contribution in [2.45, 2.75) is 6.42 Å². The lowest BCUT2D eigenvalue weighted by atomic mass is 10.1. The standard InChI is InChI=1S/C16H19FN2/c1-18-15-6-8-16(9-7-15)19(2)11-10-13-4-3-5-14(17)12-13/h3-9,12,18H,10-11H2,1-2H3. The topological polar surface area (TPSA) is 15.3 Å². The molecule has 100 valence electrons. The number of hydrogen-bond acceptors (Lipinski definition) is 2. The zero-order chi connectivity index (χ0) is 13.7. The minimum Gasteiger partial charge on any atom is -0.388 e. The van der Waals surface area contributed by atoms with Crippen LogP contribution in [0.4, 0.5) is 15.8 Å². The number of nitrogens with zero attached hydrogens (tertiary/aromatic N) is 1. The molecule has 0 bridgehead atoms. The maximum absolute atomic E-state index is 13.1. The Labute approximate surface area is 113 Å². The van der Waals surface area contributed by atoms with Crippen molar-refractivity contribution in [3.05, 3.63) is 59.9 Å². The highest BCUT2D eigenvalue weighted by Crippen LogP contribution is 2.17. The van der Waals surface area contributed by atoms with Gasteiger partial charge in [-0.1, -0.05) is 12.1 Å². The number of anilines is 2. The van der Waals surface area contributed by atoms with Crippen LogP contribution in [-0.4, -0.2) is 20.6 Å². The molecular formula is C16H19FN2. The van der Waals surface area contributed by atoms with Gasteiger partial charge in [0, 0.05) is 32.0 Å². The Morgan fingerprint density at radius 3 is 2.47 bits per heavy atom. The average molecular weight is 258 g/mol. The number of hydrogen-bond donors (Lipinski definition) is 1. The molecular weight excluding hydrogens is 239 g/mol. The molecule has 0 atom stereocenters. The second-order valence-electron chi connectivity index (χ2n) is 4.60. The summed E-state index contributed by atoms with van der Waals surface area (Å²) in [4.78, 5) is 2.17. The fourth-order valence-corrected chi connectivity index (χ4v) is 2.00. The van der Waals surface area contributed by atoms with Gasteiger partial charge in [0.2, 0.25) is 0 Å². The van der Waals surface area contributed by atoms with E-state index < -0.39 is 0 Å². The Hall–Kier alpha value is -2.03. The van der Waals surface area contributed by atoms with E-state index in [1.165, 1.54) is 6.07 Å². The molecule has 0 aliphatic heterocycles. The normalized spacial score (nSPS) is 10.3. The van der Waals surface area contributed by atoms with Crippen molar-refractivity contribution < 1.29 is 4.39 Å². The number of nitrogens with one attached hydrogen (secondary N) is 1. The Morgan fingerprint density at radius 1 is 1.11 bits per heavy atom. The van der Waals surface area contributed by atoms with Gasteiger partial charge in [0.1, 0.15) is 5.82 Å². The van der Waals surface area contributed by atoms with Crippen molar-refractivity contribution in [3.63, 3.8) is 0 Å². The van der Waals surface area contributed by atoms with Gasteiger partial charge in [-0.25, -0.2) is 4.39 Å². The molecule has 0 aliphatic rings. The van der Waals surface area contributed by atoms with Gasteiger partial charge in [-0.2, -0.15) is 0 Å². The van der Waals surface area contributed by atoms with E-state index in [2.05, 4.69) is 22.3 Å². The first kappa shape index (κ1) is 13.4. The van der Waals surface area contributed by atoms with E-state index in [0.29, 0.717) is 0 Å². The summed E-state index contributed by atoms with van der Waals surface area (Å²) in [5, 5.41) is 3.10. The molecule has 0 fully saturated rings. The largest absolute Gasteiger partial charge is 0.388 e. The van der Waals surface area contributed by atoms with Crippen LogP contribution in [-0.2, 0) is 6.42 Å². The molecule has 2 aromatic rings. The van der Waals surface area contributed by atoms with Crippen molar-refractivity contribution in [1.82, 2.24) is 0 Å². The number of benzene rings is 2. The summed E-state index contributed by atoms with van der Waals surface area (Å²) in [7, 11) is 3.95. The molecule has 2 nitrogen and oxygen atoms in total. The van der Waals surface area contributed by atoms with Crippen LogP contribution in [0.1, 0.15) is 5.56 Å². The van der Waals surface area contributed by atoms with Crippen LogP contribution >= 0.6 is 0 Å². The third kappa shape index (κ3) is 3.71. The van der Waals surface area contributed by atoms with E-state index in [4.69, 9.17) is 0 Å². The minimum atomic E-state index is -0.168. The number of rotatable bonds is 5. The highest BCUT2D eigenvalue weighted by atomic mass is 19.1. The molecule has 2 aromatic carbocycles. The van der Waals surface area contributed by atoms with Gasteiger partial charge < -0.3 is 10.2 Å². The van der Waals surface area contributed by atoms with Crippen LogP contribution in [0, 0.1) is 5.82 Å². The molecule has 0 radical (unpaired) electrons. The zero-order valence-corrected chi connectivity index (χ0v) is 11.4. The summed E-state index contributed by atoms with van der Waals surface area (Å²) in [5.41, 5.74) is 3.29. The van der Waals surface area contributed by atoms with Crippen molar-refractivity contribution in [2.75, 3.05) is 30.9 Å². The van der Waals surface area contributed by atoms with E-state index in [-0.39, 0.29) is 5.82 Å². The Morgan fingerprint density at radius 2 is 1.84 bits per heavy atom. The quantitative estimate of drug-likeness (QED) is 0.882. The molecule has 0 heterocycles. The molecule has 0 aliphatic carbocycles. The zero-order valence-electron chi connectivity index (χ0n) is 11.4. The van der Waals surface area contributed by atoms with Crippen LogP contribution in [0.25, 0.3) is 0 Å². The molecule has 19 heavy (non-hydrogen) atoms. The third-order valence-corrected chi connectivity index (χ3v) is 3.22. The monoisotopic (exact) mass is 258 g/mol. The van der Waals surface area contributed by atoms with Gasteiger partial charge in [0.15, 0.2) is 0 Å². The highest BCUT2D eigenvalue weighted by molar-refractivity contribution is 5.54. The van der Waals surface area contributed by atoms with Crippen LogP contribution in [0.3, 0.4) is 0 Å². The molecule has 0 saturated heterocycles. The molecule has 0 unspecified atom stereocenters. The van der Waals surface area contributed by atoms with Crippen LogP contribution in [0.15, 0.2) is 48.5 Å². The maximum atomic E-state index is 13.1. The second-order valence-corrected chi connectivity index (χ2v) is 4.60. The fourth-order valence-electron chi connectivity index (χ4n) is 2.00. The number of likely N-dealkylation sites (N-methyl/N-ethyl adjacent to an activating group) is 1. The van der Waals surface area contributed by atoms with Crippen molar-refractivity contribution in [3.8, 4) is 0 Å². The lowest BCUT2D eigenvalue weighted by Gasteiger charge is -2.19. The Bertz CT molecular complexity index is 523. The molecule has 1 N–H and O–H groups in total. The van der Waals surface area contributed by atoms with Gasteiger partial charge in [-0.3, -0.25) is 0 Å². The smallest absolute Gasteiger partial charge is 0.123 e. The van der Waals surface area contributed by atoms with Crippen LogP contribution < -0.4 is 10.2 Å². The molecule has 0 saturated carbocycles. The highest BCUT2D eigenvalue weighted by Gasteiger charge is 2.02. The van der Waals surface area contributed by atoms with E-state index in [1.807, 2.05) is 32.3 Å². The predicted octanol–water partition coefficient (Wildman–Crippen LogP) is 3.55. The molecule has 0 aromatic heterocycles. The first-order valence-corrected chi connectivity index (χ1v) is 6.42. The van der Waals surface area contributed by atoms with Gasteiger partial charge in [-0.05, 0) is 48.4 Å². The van der Waals surface area contributed by atoms with Crippen molar-refractivity contribution >= 4 is 11.4 Å². The molecule has 0 amide bonds. The average Bonchev–Trinajstić information content (AvgIpc) is 2.45. The molecule has 0 spiro atoms. The lowest BCUT2D eigenvalue weighted by molar-refractivity contribution is 0.625. The Balaban J connectivity index is 1.95. The molecule has 2 rings (SSSR count). The predicted molar refractivity (Wildman–Crippen MR) is 79.4 cm³/mol. The van der Waals surface area contributed by atoms with Gasteiger partial charge in [0.05, 0.1) is 0 Å². The van der Waals surface area contributed by atoms with Crippen molar-refractivity contribution in [2.24, 2.45) is 0 Å². The van der Waals surface area contributed by atoms with Crippen molar-refractivity contribution in [1.29, 1.82) is 0 Å². The summed E-state index contributed by atoms with van der Waals surface area (Å²) >= 11 is 0. The van der Waals surface area contributed by atoms with Gasteiger partial charge in [0.25, 0.3) is 0 Å². The van der Waals surface area contributed by atoms with E-state index in [9.17, 15) is 4.39 Å². The minimum absolute atomic E-state index is 0.168. The fraction of sp³-hybridized carbons (Fsp3) is 0.250. The second kappa shape index (κ2) is 6.23. The number of halogens is 1. The maximum Gasteiger partial charge on any atom is 0.123 e. The lowest BCUT2D eigenvalue weighted by Crippen LogP contribution is -2.20. The van der Waals surface area contributed by atoms with E-state index in [0.717, 1.165) is 29.9 Å². The summed E-state index contributed by atoms with van der Waals surface area (Å²) < 4.78 is 13.1. The van der Waals surface area contributed by atoms with Crippen LogP contribution in [0.5, 0.6) is 0 Å². The molecule has 3 heteroatoms. The first-order valence-electron chi connectivity index (χ1n) is 6.42. The van der Waals surface area contributed by atoms with Crippen LogP contribution in [0.2, 0.25) is 0 Å². The summed E-state index contributed by atoms with van der Waals surface area (Å²) in [6, 6.07) is 15.0. The van der Waals surface area contributed by atoms with E-state index >= 15 is 0 Å². The first-order chi connectivity index (χ1) is 9.19. The van der Waals surface area contributed by atoms with Gasteiger partial charge >= 0.3 is 0 Å². The van der Waals surface area contributed by atoms with E-state index in [1.54, 1.807) is 12.1 Å². The third-order valence-electron chi connectivity index (χ3n) is 3.22.